The lowest BCUT2D eigenvalue weighted by molar-refractivity contribution is -0.0441. The molecule has 0 aromatic heterocycles. The van der Waals surface area contributed by atoms with E-state index < -0.39 is 11.6 Å². The van der Waals surface area contributed by atoms with Crippen molar-refractivity contribution in [3.8, 4) is 5.75 Å². The fourth-order valence-corrected chi connectivity index (χ4v) is 4.86. The van der Waals surface area contributed by atoms with Crippen molar-refractivity contribution >= 4 is 0 Å². The molecule has 1 aliphatic heterocycles. The summed E-state index contributed by atoms with van der Waals surface area (Å²) in [6.45, 7) is 4.84. The highest BCUT2D eigenvalue weighted by Crippen LogP contribution is 2.40. The van der Waals surface area contributed by atoms with Gasteiger partial charge in [-0.1, -0.05) is 45.1 Å². The van der Waals surface area contributed by atoms with E-state index >= 15 is 0 Å². The third-order valence-corrected chi connectivity index (χ3v) is 6.51. The zero-order valence-electron chi connectivity index (χ0n) is 16.8. The Bertz CT molecular complexity index is 588. The minimum atomic E-state index is -0.873. The van der Waals surface area contributed by atoms with Crippen LogP contribution in [-0.4, -0.2) is 19.3 Å². The molecule has 0 N–H and O–H groups in total. The number of hydrogen-bond acceptors (Lipinski definition) is 2. The average Bonchev–Trinajstić information content (AvgIpc) is 2.71. The highest BCUT2D eigenvalue weighted by atomic mass is 19.2. The van der Waals surface area contributed by atoms with E-state index in [0.717, 1.165) is 18.8 Å². The van der Waals surface area contributed by atoms with E-state index in [4.69, 9.17) is 9.47 Å². The first-order valence-electron chi connectivity index (χ1n) is 10.9. The fourth-order valence-electron chi connectivity index (χ4n) is 4.86. The third-order valence-electron chi connectivity index (χ3n) is 6.51. The predicted molar refractivity (Wildman–Crippen MR) is 104 cm³/mol. The summed E-state index contributed by atoms with van der Waals surface area (Å²) in [5.74, 6) is -0.170. The molecule has 0 bridgehead atoms. The molecule has 0 spiro atoms. The molecular formula is C23H34F2O2. The summed E-state index contributed by atoms with van der Waals surface area (Å²) in [6, 6.07) is 3.21. The van der Waals surface area contributed by atoms with Crippen molar-refractivity contribution in [1.82, 2.24) is 0 Å². The second-order valence-corrected chi connectivity index (χ2v) is 8.28. The Morgan fingerprint density at radius 3 is 2.41 bits per heavy atom. The molecule has 1 aromatic rings. The van der Waals surface area contributed by atoms with Gasteiger partial charge >= 0.3 is 0 Å². The lowest BCUT2D eigenvalue weighted by Gasteiger charge is -2.38. The highest BCUT2D eigenvalue weighted by molar-refractivity contribution is 5.33. The SMILES string of the molecule is CCCCC1CCC(C2CCC(c3ccc(OCC)c(F)c3F)CO2)CC1. The largest absolute Gasteiger partial charge is 0.491 e. The molecule has 1 saturated carbocycles. The van der Waals surface area contributed by atoms with Crippen LogP contribution in [-0.2, 0) is 4.74 Å². The molecule has 4 heteroatoms. The molecule has 3 rings (SSSR count). The maximum atomic E-state index is 14.5. The zero-order valence-corrected chi connectivity index (χ0v) is 16.8. The molecule has 0 amide bonds. The Morgan fingerprint density at radius 2 is 1.78 bits per heavy atom. The van der Waals surface area contributed by atoms with E-state index in [1.807, 2.05) is 0 Å². The Balaban J connectivity index is 1.52. The summed E-state index contributed by atoms with van der Waals surface area (Å²) in [5.41, 5.74) is 0.428. The van der Waals surface area contributed by atoms with Gasteiger partial charge in [-0.25, -0.2) is 4.39 Å². The highest BCUT2D eigenvalue weighted by Gasteiger charge is 2.33. The van der Waals surface area contributed by atoms with Gasteiger partial charge in [0, 0.05) is 5.92 Å². The van der Waals surface area contributed by atoms with Crippen LogP contribution in [0, 0.1) is 23.5 Å². The van der Waals surface area contributed by atoms with Crippen molar-refractivity contribution in [2.45, 2.75) is 83.7 Å². The van der Waals surface area contributed by atoms with Gasteiger partial charge in [-0.05, 0) is 56.1 Å². The quantitative estimate of drug-likeness (QED) is 0.529. The van der Waals surface area contributed by atoms with Crippen LogP contribution >= 0.6 is 0 Å². The first kappa shape index (κ1) is 20.6. The van der Waals surface area contributed by atoms with Crippen LogP contribution in [0.25, 0.3) is 0 Å². The predicted octanol–water partition coefficient (Wildman–Crippen LogP) is 6.62. The maximum absolute atomic E-state index is 14.5. The molecule has 2 fully saturated rings. The summed E-state index contributed by atoms with van der Waals surface area (Å²) >= 11 is 0. The van der Waals surface area contributed by atoms with Gasteiger partial charge in [-0.2, -0.15) is 4.39 Å². The van der Waals surface area contributed by atoms with Gasteiger partial charge in [0.15, 0.2) is 11.6 Å². The van der Waals surface area contributed by atoms with Crippen LogP contribution in [0.5, 0.6) is 5.75 Å². The minimum absolute atomic E-state index is 0.00631. The van der Waals surface area contributed by atoms with Gasteiger partial charge in [0.05, 0.1) is 19.3 Å². The van der Waals surface area contributed by atoms with Gasteiger partial charge in [0.2, 0.25) is 5.82 Å². The topological polar surface area (TPSA) is 18.5 Å². The lowest BCUT2D eigenvalue weighted by Crippen LogP contribution is -2.33. The molecule has 2 atom stereocenters. The molecule has 1 saturated heterocycles. The number of ether oxygens (including phenoxy) is 2. The Hall–Kier alpha value is -1.16. The van der Waals surface area contributed by atoms with Gasteiger partial charge in [0.1, 0.15) is 0 Å². The van der Waals surface area contributed by atoms with Gasteiger partial charge in [-0.3, -0.25) is 0 Å². The molecule has 0 radical (unpaired) electrons. The van der Waals surface area contributed by atoms with Crippen LogP contribution in [0.3, 0.4) is 0 Å². The van der Waals surface area contributed by atoms with E-state index in [1.54, 1.807) is 19.1 Å². The van der Waals surface area contributed by atoms with Crippen LogP contribution in [0.15, 0.2) is 12.1 Å². The third kappa shape index (κ3) is 5.01. The number of rotatable bonds is 7. The van der Waals surface area contributed by atoms with Gasteiger partial charge < -0.3 is 9.47 Å². The second-order valence-electron chi connectivity index (χ2n) is 8.28. The Morgan fingerprint density at radius 1 is 1.00 bits per heavy atom. The summed E-state index contributed by atoms with van der Waals surface area (Å²) < 4.78 is 39.9. The van der Waals surface area contributed by atoms with Gasteiger partial charge in [-0.15, -0.1) is 0 Å². The summed E-state index contributed by atoms with van der Waals surface area (Å²) in [5, 5.41) is 0. The Labute approximate surface area is 162 Å². The van der Waals surface area contributed by atoms with Crippen molar-refractivity contribution in [3.63, 3.8) is 0 Å². The average molecular weight is 381 g/mol. The molecule has 2 unspecified atom stereocenters. The van der Waals surface area contributed by atoms with E-state index in [0.29, 0.717) is 30.8 Å². The smallest absolute Gasteiger partial charge is 0.200 e. The van der Waals surface area contributed by atoms with E-state index in [9.17, 15) is 8.78 Å². The summed E-state index contributed by atoms with van der Waals surface area (Å²) in [7, 11) is 0. The lowest BCUT2D eigenvalue weighted by atomic mass is 9.75. The first-order valence-corrected chi connectivity index (χ1v) is 10.9. The molecule has 152 valence electrons. The standard InChI is InChI=1S/C23H34F2O2/c1-3-5-6-16-7-9-17(10-8-16)20-13-11-18(15-27-20)19-12-14-21(26-4-2)23(25)22(19)24/h12,14,16-18,20H,3-11,13,15H2,1-2H3. The van der Waals surface area contributed by atoms with Gasteiger partial charge in [0.25, 0.3) is 0 Å². The van der Waals surface area contributed by atoms with Crippen LogP contribution in [0.4, 0.5) is 8.78 Å². The molecule has 27 heavy (non-hydrogen) atoms. The molecule has 1 aromatic carbocycles. The molecule has 2 aliphatic rings. The monoisotopic (exact) mass is 380 g/mol. The fraction of sp³-hybridized carbons (Fsp3) is 0.739. The maximum Gasteiger partial charge on any atom is 0.200 e. The normalized spacial score (nSPS) is 28.9. The van der Waals surface area contributed by atoms with Crippen molar-refractivity contribution in [3.05, 3.63) is 29.3 Å². The summed E-state index contributed by atoms with van der Waals surface area (Å²) in [6.07, 6.45) is 11.3. The van der Waals surface area contributed by atoms with E-state index in [1.165, 1.54) is 44.9 Å². The molecule has 1 heterocycles. The van der Waals surface area contributed by atoms with Crippen molar-refractivity contribution in [2.75, 3.05) is 13.2 Å². The van der Waals surface area contributed by atoms with Crippen molar-refractivity contribution in [2.24, 2.45) is 11.8 Å². The molecule has 1 aliphatic carbocycles. The number of halogens is 2. The minimum Gasteiger partial charge on any atom is -0.491 e. The van der Waals surface area contributed by atoms with E-state index in [2.05, 4.69) is 6.92 Å². The number of benzene rings is 1. The molecule has 2 nitrogen and oxygen atoms in total. The number of unbranched alkanes of at least 4 members (excludes halogenated alkanes) is 1. The number of hydrogen-bond donors (Lipinski definition) is 0. The van der Waals surface area contributed by atoms with Crippen molar-refractivity contribution in [1.29, 1.82) is 0 Å². The summed E-state index contributed by atoms with van der Waals surface area (Å²) in [4.78, 5) is 0. The first-order chi connectivity index (χ1) is 13.1. The van der Waals surface area contributed by atoms with Crippen LogP contribution < -0.4 is 4.74 Å². The van der Waals surface area contributed by atoms with Crippen molar-refractivity contribution < 1.29 is 18.3 Å². The van der Waals surface area contributed by atoms with E-state index in [-0.39, 0.29) is 11.7 Å². The second kappa shape index (κ2) is 9.86. The molecular weight excluding hydrogens is 346 g/mol. The van der Waals surface area contributed by atoms with Crippen LogP contribution in [0.1, 0.15) is 83.1 Å². The Kier molecular flexibility index (Phi) is 7.51. The zero-order chi connectivity index (χ0) is 19.2. The van der Waals surface area contributed by atoms with Crippen LogP contribution in [0.2, 0.25) is 0 Å².